The number of aromatic nitrogens is 2. The molecule has 0 aliphatic carbocycles. The van der Waals surface area contributed by atoms with Crippen molar-refractivity contribution in [3.05, 3.63) is 41.6 Å². The van der Waals surface area contributed by atoms with E-state index in [0.29, 0.717) is 29.7 Å². The summed E-state index contributed by atoms with van der Waals surface area (Å²) in [6.07, 6.45) is 2.53. The third kappa shape index (κ3) is 2.51. The monoisotopic (exact) mass is 350 g/mol. The van der Waals surface area contributed by atoms with Crippen LogP contribution < -0.4 is 4.31 Å². The third-order valence-corrected chi connectivity index (χ3v) is 6.25. The molecule has 1 aliphatic heterocycles. The number of nitrogens with zero attached hydrogens (tertiary/aromatic N) is 3. The predicted molar refractivity (Wildman–Crippen MR) is 91.4 cm³/mol. The van der Waals surface area contributed by atoms with Crippen molar-refractivity contribution >= 4 is 15.7 Å². The molecule has 1 unspecified atom stereocenters. The van der Waals surface area contributed by atoms with E-state index in [0.717, 1.165) is 6.54 Å². The van der Waals surface area contributed by atoms with Gasteiger partial charge in [0.05, 0.1) is 11.9 Å². The zero-order chi connectivity index (χ0) is 17.5. The molecule has 1 aromatic heterocycles. The molecule has 2 aromatic rings. The Balaban J connectivity index is 2.21. The molecular formula is C16H22N4O3S. The number of sulfonamides is 1. The normalized spacial score (nSPS) is 22.1. The van der Waals surface area contributed by atoms with Crippen LogP contribution in [0.15, 0.2) is 35.5 Å². The summed E-state index contributed by atoms with van der Waals surface area (Å²) in [5.74, 6) is 0. The van der Waals surface area contributed by atoms with Crippen LogP contribution in [0.4, 0.5) is 5.69 Å². The third-order valence-electron chi connectivity index (χ3n) is 4.50. The van der Waals surface area contributed by atoms with E-state index in [2.05, 4.69) is 10.2 Å². The van der Waals surface area contributed by atoms with Crippen LogP contribution in [0.5, 0.6) is 0 Å². The van der Waals surface area contributed by atoms with E-state index in [4.69, 9.17) is 0 Å². The highest BCUT2D eigenvalue weighted by Gasteiger charge is 2.44. The van der Waals surface area contributed by atoms with Crippen LogP contribution in [0.3, 0.4) is 0 Å². The van der Waals surface area contributed by atoms with Crippen molar-refractivity contribution in [3.63, 3.8) is 0 Å². The number of hydrogen-bond acceptors (Lipinski definition) is 5. The Morgan fingerprint density at radius 3 is 2.71 bits per heavy atom. The first kappa shape index (κ1) is 16.9. The topological polar surface area (TPSA) is 89.5 Å². The maximum Gasteiger partial charge on any atom is 0.281 e. The smallest absolute Gasteiger partial charge is 0.281 e. The molecule has 7 nitrogen and oxygen atoms in total. The molecule has 1 aliphatic rings. The van der Waals surface area contributed by atoms with Gasteiger partial charge in [-0.3, -0.25) is 9.40 Å². The van der Waals surface area contributed by atoms with Gasteiger partial charge in [0.15, 0.2) is 5.03 Å². The fraction of sp³-hybridized carbons (Fsp3) is 0.438. The zero-order valence-electron chi connectivity index (χ0n) is 14.0. The molecule has 0 saturated heterocycles. The summed E-state index contributed by atoms with van der Waals surface area (Å²) >= 11 is 0. The first-order valence-corrected chi connectivity index (χ1v) is 9.22. The van der Waals surface area contributed by atoms with E-state index in [1.54, 1.807) is 24.3 Å². The number of H-pyrrole nitrogens is 1. The number of rotatable bonds is 4. The maximum atomic E-state index is 12.9. The molecule has 0 radical (unpaired) electrons. The summed E-state index contributed by atoms with van der Waals surface area (Å²) in [6, 6.07) is 7.06. The zero-order valence-corrected chi connectivity index (χ0v) is 14.8. The first-order chi connectivity index (χ1) is 11.3. The number of hydrogen-bond donors (Lipinski definition) is 2. The highest BCUT2D eigenvalue weighted by atomic mass is 32.2. The van der Waals surface area contributed by atoms with Crippen LogP contribution in [0.1, 0.15) is 24.0 Å². The SMILES string of the molecule is CN(C)CCCC1(O)c2ccccc2N(C)S(=O)(=O)c2[nH]ncc21. The standard InChI is InChI=1S/C16H22N4O3S/c1-19(2)10-6-9-16(21)12-7-4-5-8-14(12)20(3)24(22,23)15-13(16)11-17-18-15/h4-5,7-8,11,21H,6,9-10H2,1-3H3,(H,17,18). The van der Waals surface area contributed by atoms with Gasteiger partial charge in [-0.1, -0.05) is 18.2 Å². The van der Waals surface area contributed by atoms with Gasteiger partial charge in [-0.25, -0.2) is 0 Å². The second-order valence-corrected chi connectivity index (χ2v) is 8.28. The van der Waals surface area contributed by atoms with Gasteiger partial charge in [-0.2, -0.15) is 13.5 Å². The van der Waals surface area contributed by atoms with Gasteiger partial charge < -0.3 is 10.0 Å². The number of fused-ring (bicyclic) bond motifs is 2. The van der Waals surface area contributed by atoms with Crippen LogP contribution in [-0.4, -0.2) is 56.3 Å². The predicted octanol–water partition coefficient (Wildman–Crippen LogP) is 1.13. The van der Waals surface area contributed by atoms with E-state index in [1.807, 2.05) is 19.0 Å². The van der Waals surface area contributed by atoms with Gasteiger partial charge in [0.25, 0.3) is 10.0 Å². The maximum absolute atomic E-state index is 12.9. The number of aromatic amines is 1. The minimum absolute atomic E-state index is 0.0476. The van der Waals surface area contributed by atoms with Crippen LogP contribution in [-0.2, 0) is 15.6 Å². The molecule has 2 heterocycles. The van der Waals surface area contributed by atoms with Gasteiger partial charge in [0.2, 0.25) is 0 Å². The van der Waals surface area contributed by atoms with Crippen molar-refractivity contribution < 1.29 is 13.5 Å². The lowest BCUT2D eigenvalue weighted by Crippen LogP contribution is -2.29. The number of nitrogens with one attached hydrogen (secondary N) is 1. The Bertz CT molecular complexity index is 847. The average molecular weight is 350 g/mol. The molecule has 8 heteroatoms. The number of benzene rings is 1. The Hall–Kier alpha value is -1.90. The van der Waals surface area contributed by atoms with Crippen molar-refractivity contribution in [1.82, 2.24) is 15.1 Å². The summed E-state index contributed by atoms with van der Waals surface area (Å²) in [5, 5.41) is 17.9. The molecule has 1 aromatic carbocycles. The molecule has 1 atom stereocenters. The summed E-state index contributed by atoms with van der Waals surface area (Å²) in [6.45, 7) is 0.792. The van der Waals surface area contributed by atoms with Crippen LogP contribution >= 0.6 is 0 Å². The molecule has 0 spiro atoms. The molecule has 0 bridgehead atoms. The van der Waals surface area contributed by atoms with E-state index in [-0.39, 0.29) is 5.03 Å². The molecule has 130 valence electrons. The van der Waals surface area contributed by atoms with E-state index in [9.17, 15) is 13.5 Å². The minimum Gasteiger partial charge on any atom is -0.380 e. The molecule has 0 amide bonds. The van der Waals surface area contributed by atoms with Gasteiger partial charge in [0.1, 0.15) is 5.60 Å². The van der Waals surface area contributed by atoms with Crippen LogP contribution in [0, 0.1) is 0 Å². The van der Waals surface area contributed by atoms with Crippen molar-refractivity contribution in [2.45, 2.75) is 23.5 Å². The molecule has 3 rings (SSSR count). The fourth-order valence-electron chi connectivity index (χ4n) is 3.20. The van der Waals surface area contributed by atoms with Crippen molar-refractivity contribution in [3.8, 4) is 0 Å². The van der Waals surface area contributed by atoms with Crippen molar-refractivity contribution in [2.24, 2.45) is 0 Å². The quantitative estimate of drug-likeness (QED) is 0.863. The molecule has 24 heavy (non-hydrogen) atoms. The number of aliphatic hydroxyl groups is 1. The Morgan fingerprint density at radius 1 is 1.29 bits per heavy atom. The Kier molecular flexibility index (Phi) is 4.15. The number of para-hydroxylation sites is 1. The lowest BCUT2D eigenvalue weighted by Gasteiger charge is -2.29. The van der Waals surface area contributed by atoms with Crippen LogP contribution in [0.25, 0.3) is 0 Å². The van der Waals surface area contributed by atoms with Crippen molar-refractivity contribution in [2.75, 3.05) is 32.0 Å². The van der Waals surface area contributed by atoms with Gasteiger partial charge in [0, 0.05) is 18.2 Å². The Labute approximate surface area is 142 Å². The molecule has 2 N–H and O–H groups in total. The second kappa shape index (κ2) is 5.87. The Morgan fingerprint density at radius 2 is 2.00 bits per heavy atom. The molecular weight excluding hydrogens is 328 g/mol. The fourth-order valence-corrected chi connectivity index (χ4v) is 4.55. The van der Waals surface area contributed by atoms with Gasteiger partial charge >= 0.3 is 0 Å². The summed E-state index contributed by atoms with van der Waals surface area (Å²) in [7, 11) is 1.63. The largest absolute Gasteiger partial charge is 0.380 e. The van der Waals surface area contributed by atoms with E-state index in [1.165, 1.54) is 17.5 Å². The molecule has 0 fully saturated rings. The second-order valence-electron chi connectivity index (χ2n) is 6.37. The summed E-state index contributed by atoms with van der Waals surface area (Å²) < 4.78 is 26.9. The highest BCUT2D eigenvalue weighted by Crippen LogP contribution is 2.45. The minimum atomic E-state index is -3.79. The van der Waals surface area contributed by atoms with Crippen molar-refractivity contribution in [1.29, 1.82) is 0 Å². The first-order valence-electron chi connectivity index (χ1n) is 7.78. The lowest BCUT2D eigenvalue weighted by atomic mass is 9.83. The van der Waals surface area contributed by atoms with Gasteiger partial charge in [-0.05, 0) is 39.5 Å². The highest BCUT2D eigenvalue weighted by molar-refractivity contribution is 7.92. The number of anilines is 1. The summed E-state index contributed by atoms with van der Waals surface area (Å²) in [5.41, 5.74) is -0.0465. The van der Waals surface area contributed by atoms with E-state index < -0.39 is 15.6 Å². The lowest BCUT2D eigenvalue weighted by molar-refractivity contribution is 0.0646. The van der Waals surface area contributed by atoms with Gasteiger partial charge in [-0.15, -0.1) is 0 Å². The van der Waals surface area contributed by atoms with Crippen LogP contribution in [0.2, 0.25) is 0 Å². The molecule has 0 saturated carbocycles. The summed E-state index contributed by atoms with van der Waals surface area (Å²) in [4.78, 5) is 2.03. The van der Waals surface area contributed by atoms with E-state index >= 15 is 0 Å². The average Bonchev–Trinajstić information content (AvgIpc) is 3.03.